The van der Waals surface area contributed by atoms with Gasteiger partial charge < -0.3 is 10.6 Å². The minimum atomic E-state index is -0.184. The van der Waals surface area contributed by atoms with Gasteiger partial charge in [0.05, 0.1) is 11.0 Å². The SMILES string of the molecule is O=C(CSC1CCc2ccccc2NC1=O)NC1CCN(Cc2ccccc2)CC1. The van der Waals surface area contributed by atoms with Crippen LogP contribution in [-0.2, 0) is 22.6 Å². The van der Waals surface area contributed by atoms with Gasteiger partial charge >= 0.3 is 0 Å². The van der Waals surface area contributed by atoms with Crippen molar-refractivity contribution in [3.05, 3.63) is 65.7 Å². The van der Waals surface area contributed by atoms with Crippen LogP contribution in [0, 0.1) is 0 Å². The van der Waals surface area contributed by atoms with Gasteiger partial charge in [-0.2, -0.15) is 0 Å². The van der Waals surface area contributed by atoms with E-state index in [1.807, 2.05) is 24.3 Å². The van der Waals surface area contributed by atoms with Crippen LogP contribution in [0.3, 0.4) is 0 Å². The number of likely N-dealkylation sites (tertiary alicyclic amines) is 1. The third kappa shape index (κ3) is 5.64. The highest BCUT2D eigenvalue weighted by atomic mass is 32.2. The largest absolute Gasteiger partial charge is 0.353 e. The first-order valence-corrected chi connectivity index (χ1v) is 11.8. The summed E-state index contributed by atoms with van der Waals surface area (Å²) in [5, 5.41) is 5.99. The highest BCUT2D eigenvalue weighted by Crippen LogP contribution is 2.27. The van der Waals surface area contributed by atoms with Crippen molar-refractivity contribution in [2.75, 3.05) is 24.2 Å². The van der Waals surface area contributed by atoms with E-state index in [4.69, 9.17) is 0 Å². The molecule has 2 aromatic rings. The molecule has 0 aliphatic carbocycles. The number of nitrogens with zero attached hydrogens (tertiary/aromatic N) is 1. The van der Waals surface area contributed by atoms with E-state index >= 15 is 0 Å². The Labute approximate surface area is 182 Å². The maximum atomic E-state index is 12.5. The molecule has 5 nitrogen and oxygen atoms in total. The van der Waals surface area contributed by atoms with E-state index in [-0.39, 0.29) is 23.1 Å². The van der Waals surface area contributed by atoms with Crippen molar-refractivity contribution in [1.82, 2.24) is 10.2 Å². The van der Waals surface area contributed by atoms with Crippen LogP contribution in [0.15, 0.2) is 54.6 Å². The monoisotopic (exact) mass is 423 g/mol. The number of thioether (sulfide) groups is 1. The number of hydrogen-bond acceptors (Lipinski definition) is 4. The van der Waals surface area contributed by atoms with E-state index in [0.717, 1.165) is 51.0 Å². The summed E-state index contributed by atoms with van der Waals surface area (Å²) >= 11 is 1.45. The first kappa shape index (κ1) is 20.9. The van der Waals surface area contributed by atoms with Gasteiger partial charge in [-0.05, 0) is 42.9 Å². The van der Waals surface area contributed by atoms with Crippen LogP contribution in [0.5, 0.6) is 0 Å². The lowest BCUT2D eigenvalue weighted by atomic mass is 10.0. The second-order valence-electron chi connectivity index (χ2n) is 8.09. The van der Waals surface area contributed by atoms with Gasteiger partial charge in [0.15, 0.2) is 0 Å². The average Bonchev–Trinajstić information content (AvgIpc) is 2.92. The maximum absolute atomic E-state index is 12.5. The van der Waals surface area contributed by atoms with Gasteiger partial charge in [-0.25, -0.2) is 0 Å². The molecule has 2 amide bonds. The molecule has 6 heteroatoms. The van der Waals surface area contributed by atoms with Crippen LogP contribution < -0.4 is 10.6 Å². The molecule has 2 aliphatic heterocycles. The molecule has 0 bridgehead atoms. The number of carbonyl (C=O) groups is 2. The number of fused-ring (bicyclic) bond motifs is 1. The Kier molecular flexibility index (Phi) is 7.07. The molecule has 2 N–H and O–H groups in total. The Morgan fingerprint density at radius 1 is 1.03 bits per heavy atom. The number of rotatable bonds is 6. The van der Waals surface area contributed by atoms with Crippen molar-refractivity contribution in [2.45, 2.75) is 43.5 Å². The van der Waals surface area contributed by atoms with Crippen molar-refractivity contribution in [2.24, 2.45) is 0 Å². The van der Waals surface area contributed by atoms with Crippen molar-refractivity contribution in [1.29, 1.82) is 0 Å². The zero-order chi connectivity index (χ0) is 20.8. The normalized spacial score (nSPS) is 20.1. The van der Waals surface area contributed by atoms with Crippen LogP contribution >= 0.6 is 11.8 Å². The summed E-state index contributed by atoms with van der Waals surface area (Å²) in [4.78, 5) is 27.4. The molecule has 158 valence electrons. The average molecular weight is 424 g/mol. The van der Waals surface area contributed by atoms with E-state index in [9.17, 15) is 9.59 Å². The Morgan fingerprint density at radius 2 is 1.77 bits per heavy atom. The summed E-state index contributed by atoms with van der Waals surface area (Å²) in [5.74, 6) is 0.376. The molecule has 1 unspecified atom stereocenters. The topological polar surface area (TPSA) is 61.4 Å². The second kappa shape index (κ2) is 10.1. The van der Waals surface area contributed by atoms with Crippen molar-refractivity contribution in [3.63, 3.8) is 0 Å². The number of aryl methyl sites for hydroxylation is 1. The maximum Gasteiger partial charge on any atom is 0.237 e. The van der Waals surface area contributed by atoms with Gasteiger partial charge in [-0.1, -0.05) is 48.5 Å². The van der Waals surface area contributed by atoms with Crippen LogP contribution in [0.4, 0.5) is 5.69 Å². The van der Waals surface area contributed by atoms with Gasteiger partial charge in [0.1, 0.15) is 0 Å². The Hall–Kier alpha value is -2.31. The Balaban J connectivity index is 1.18. The van der Waals surface area contributed by atoms with Crippen molar-refractivity contribution < 1.29 is 9.59 Å². The predicted octanol–water partition coefficient (Wildman–Crippen LogP) is 3.45. The summed E-state index contributed by atoms with van der Waals surface area (Å²) in [5.41, 5.74) is 3.40. The lowest BCUT2D eigenvalue weighted by molar-refractivity contribution is -0.119. The fraction of sp³-hybridized carbons (Fsp3) is 0.417. The summed E-state index contributed by atoms with van der Waals surface area (Å²) in [6, 6.07) is 18.7. The highest BCUT2D eigenvalue weighted by Gasteiger charge is 2.26. The van der Waals surface area contributed by atoms with Crippen molar-refractivity contribution >= 4 is 29.3 Å². The number of carbonyl (C=O) groups excluding carboxylic acids is 2. The Bertz CT molecular complexity index is 866. The Morgan fingerprint density at radius 3 is 2.57 bits per heavy atom. The predicted molar refractivity (Wildman–Crippen MR) is 123 cm³/mol. The van der Waals surface area contributed by atoms with Crippen LogP contribution in [-0.4, -0.2) is 46.8 Å². The summed E-state index contributed by atoms with van der Waals surface area (Å²) in [6.07, 6.45) is 3.57. The molecule has 4 rings (SSSR count). The molecule has 2 aromatic carbocycles. The number of anilines is 1. The standard InChI is InChI=1S/C24H29N3O2S/c28-23(17-30-22-11-10-19-8-4-5-9-21(19)26-24(22)29)25-20-12-14-27(15-13-20)16-18-6-2-1-3-7-18/h1-9,20,22H,10-17H2,(H,25,28)(H,26,29). The smallest absolute Gasteiger partial charge is 0.237 e. The van der Waals surface area contributed by atoms with Crippen molar-refractivity contribution in [3.8, 4) is 0 Å². The van der Waals surface area contributed by atoms with Gasteiger partial charge in [0.2, 0.25) is 11.8 Å². The number of piperidine rings is 1. The quantitative estimate of drug-likeness (QED) is 0.747. The van der Waals surface area contributed by atoms with Gasteiger partial charge in [-0.3, -0.25) is 14.5 Å². The summed E-state index contributed by atoms with van der Waals surface area (Å²) in [7, 11) is 0. The fourth-order valence-corrected chi connectivity index (χ4v) is 5.10. The molecule has 0 radical (unpaired) electrons. The lowest BCUT2D eigenvalue weighted by Crippen LogP contribution is -2.45. The van der Waals surface area contributed by atoms with Gasteiger partial charge in [-0.15, -0.1) is 11.8 Å². The lowest BCUT2D eigenvalue weighted by Gasteiger charge is -2.32. The third-order valence-electron chi connectivity index (χ3n) is 5.86. The zero-order valence-corrected chi connectivity index (χ0v) is 18.0. The first-order chi connectivity index (χ1) is 14.7. The minimum Gasteiger partial charge on any atom is -0.353 e. The second-order valence-corrected chi connectivity index (χ2v) is 9.28. The molecule has 1 saturated heterocycles. The molecule has 0 saturated carbocycles. The van der Waals surface area contributed by atoms with E-state index < -0.39 is 0 Å². The molecule has 2 heterocycles. The number of benzene rings is 2. The van der Waals surface area contributed by atoms with E-state index in [1.54, 1.807) is 0 Å². The molecular weight excluding hydrogens is 394 g/mol. The van der Waals surface area contributed by atoms with Crippen LogP contribution in [0.1, 0.15) is 30.4 Å². The molecular formula is C24H29N3O2S. The van der Waals surface area contributed by atoms with Crippen LogP contribution in [0.25, 0.3) is 0 Å². The minimum absolute atomic E-state index is 0.00645. The molecule has 2 aliphatic rings. The summed E-state index contributed by atoms with van der Waals surface area (Å²) < 4.78 is 0. The fourth-order valence-electron chi connectivity index (χ4n) is 4.17. The van der Waals surface area contributed by atoms with Gasteiger partial charge in [0.25, 0.3) is 0 Å². The van der Waals surface area contributed by atoms with E-state index in [1.165, 1.54) is 22.9 Å². The summed E-state index contributed by atoms with van der Waals surface area (Å²) in [6.45, 7) is 2.96. The number of nitrogens with one attached hydrogen (secondary N) is 2. The molecule has 0 aromatic heterocycles. The van der Waals surface area contributed by atoms with Crippen LogP contribution in [0.2, 0.25) is 0 Å². The van der Waals surface area contributed by atoms with E-state index in [2.05, 4.69) is 45.9 Å². The molecule has 1 atom stereocenters. The molecule has 30 heavy (non-hydrogen) atoms. The molecule has 1 fully saturated rings. The van der Waals surface area contributed by atoms with E-state index in [0.29, 0.717) is 5.75 Å². The first-order valence-electron chi connectivity index (χ1n) is 10.7. The van der Waals surface area contributed by atoms with Gasteiger partial charge in [0, 0.05) is 31.4 Å². The number of para-hydroxylation sites is 1. The number of hydrogen-bond donors (Lipinski definition) is 2. The third-order valence-corrected chi connectivity index (χ3v) is 7.14. The zero-order valence-electron chi connectivity index (χ0n) is 17.2. The number of amides is 2. The molecule has 0 spiro atoms. The highest BCUT2D eigenvalue weighted by molar-refractivity contribution is 8.01.